The summed E-state index contributed by atoms with van der Waals surface area (Å²) in [4.78, 5) is 64.0. The Morgan fingerprint density at radius 2 is 1.59 bits per heavy atom. The molecule has 1 aromatic heterocycles. The maximum atomic E-state index is 13.1. The van der Waals surface area contributed by atoms with Gasteiger partial charge in [0.05, 0.1) is 6.04 Å². The Hall–Kier alpha value is -3.93. The van der Waals surface area contributed by atoms with Crippen LogP contribution in [0.15, 0.2) is 30.5 Å². The average Bonchev–Trinajstić information content (AvgIpc) is 3.27. The maximum absolute atomic E-state index is 13.1. The number of aromatic amines is 1. The fourth-order valence-electron chi connectivity index (χ4n) is 3.71. The number of fused-ring (bicyclic) bond motifs is 1. The fourth-order valence-corrected chi connectivity index (χ4v) is 3.71. The van der Waals surface area contributed by atoms with Crippen LogP contribution in [0.4, 0.5) is 0 Å². The van der Waals surface area contributed by atoms with Gasteiger partial charge in [0, 0.05) is 29.9 Å². The van der Waals surface area contributed by atoms with Crippen molar-refractivity contribution in [3.63, 3.8) is 0 Å². The predicted molar refractivity (Wildman–Crippen MR) is 135 cm³/mol. The molecule has 3 amide bonds. The van der Waals surface area contributed by atoms with Crippen molar-refractivity contribution in [1.29, 1.82) is 0 Å². The highest BCUT2D eigenvalue weighted by atomic mass is 16.4. The molecule has 0 aliphatic heterocycles. The normalized spacial score (nSPS) is 15.1. The second kappa shape index (κ2) is 13.4. The highest BCUT2D eigenvalue weighted by Crippen LogP contribution is 2.19. The van der Waals surface area contributed by atoms with Gasteiger partial charge < -0.3 is 36.9 Å². The molecule has 5 atom stereocenters. The summed E-state index contributed by atoms with van der Waals surface area (Å²) in [6, 6.07) is 2.83. The zero-order valence-corrected chi connectivity index (χ0v) is 21.1. The predicted octanol–water partition coefficient (Wildman–Crippen LogP) is 0.508. The van der Waals surface area contributed by atoms with E-state index < -0.39 is 60.2 Å². The maximum Gasteiger partial charge on any atom is 0.326 e. The smallest absolute Gasteiger partial charge is 0.326 e. The number of aliphatic carboxylic acids is 2. The van der Waals surface area contributed by atoms with Gasteiger partial charge in [-0.05, 0) is 30.9 Å². The topological polar surface area (TPSA) is 204 Å². The molecule has 2 rings (SSSR count). The lowest BCUT2D eigenvalue weighted by atomic mass is 9.99. The van der Waals surface area contributed by atoms with E-state index in [1.165, 1.54) is 6.92 Å². The zero-order valence-electron chi connectivity index (χ0n) is 21.1. The van der Waals surface area contributed by atoms with Crippen molar-refractivity contribution in [2.75, 3.05) is 0 Å². The molecule has 37 heavy (non-hydrogen) atoms. The number of nitrogens with two attached hydrogens (primary N) is 1. The third-order valence-corrected chi connectivity index (χ3v) is 6.31. The van der Waals surface area contributed by atoms with Gasteiger partial charge in [0.25, 0.3) is 0 Å². The highest BCUT2D eigenvalue weighted by Gasteiger charge is 2.30. The standard InChI is InChI=1S/C25H35N5O7/c1-4-13(2)21(26)24(35)28-14(3)22(33)30-19(11-15-12-27-17-8-6-5-7-16(15)17)23(34)29-18(25(36)37)9-10-20(31)32/h5-8,12-14,18-19,21,27H,4,9-11,26H2,1-3H3,(H,28,35)(H,29,34)(H,30,33)(H,31,32)(H,36,37). The molecule has 0 saturated carbocycles. The number of hydrogen-bond donors (Lipinski definition) is 7. The second-order valence-electron chi connectivity index (χ2n) is 9.10. The first-order valence-corrected chi connectivity index (χ1v) is 12.1. The molecule has 0 saturated heterocycles. The highest BCUT2D eigenvalue weighted by molar-refractivity contribution is 5.94. The molecule has 2 aromatic rings. The Bertz CT molecular complexity index is 1130. The van der Waals surface area contributed by atoms with Crippen LogP contribution in [0.25, 0.3) is 10.9 Å². The van der Waals surface area contributed by atoms with Gasteiger partial charge in [-0.3, -0.25) is 19.2 Å². The molecule has 8 N–H and O–H groups in total. The van der Waals surface area contributed by atoms with Gasteiger partial charge in [-0.2, -0.15) is 0 Å². The van der Waals surface area contributed by atoms with E-state index in [9.17, 15) is 29.1 Å². The van der Waals surface area contributed by atoms with Crippen molar-refractivity contribution in [2.24, 2.45) is 11.7 Å². The van der Waals surface area contributed by atoms with Gasteiger partial charge in [0.15, 0.2) is 0 Å². The van der Waals surface area contributed by atoms with Crippen LogP contribution in [-0.2, 0) is 30.4 Å². The molecule has 0 fully saturated rings. The Labute approximate surface area is 214 Å². The van der Waals surface area contributed by atoms with Gasteiger partial charge in [0.2, 0.25) is 17.7 Å². The Morgan fingerprint density at radius 3 is 2.22 bits per heavy atom. The van der Waals surface area contributed by atoms with Crippen molar-refractivity contribution in [3.8, 4) is 0 Å². The Kier molecular flexibility index (Phi) is 10.6. The number of carbonyl (C=O) groups excluding carboxylic acids is 3. The van der Waals surface area contributed by atoms with E-state index in [4.69, 9.17) is 10.8 Å². The first kappa shape index (κ1) is 29.3. The van der Waals surface area contributed by atoms with E-state index in [1.54, 1.807) is 6.20 Å². The van der Waals surface area contributed by atoms with Crippen molar-refractivity contribution in [1.82, 2.24) is 20.9 Å². The van der Waals surface area contributed by atoms with Crippen molar-refractivity contribution in [2.45, 2.75) is 70.6 Å². The molecule has 0 aliphatic rings. The van der Waals surface area contributed by atoms with Gasteiger partial charge >= 0.3 is 11.9 Å². The largest absolute Gasteiger partial charge is 0.481 e. The molecule has 5 unspecified atom stereocenters. The molecule has 1 aromatic carbocycles. The number of benzene rings is 1. The summed E-state index contributed by atoms with van der Waals surface area (Å²) >= 11 is 0. The van der Waals surface area contributed by atoms with Gasteiger partial charge in [-0.25, -0.2) is 4.79 Å². The number of aromatic nitrogens is 1. The van der Waals surface area contributed by atoms with Crippen LogP contribution in [0.2, 0.25) is 0 Å². The number of amides is 3. The summed E-state index contributed by atoms with van der Waals surface area (Å²) in [6.07, 6.45) is 1.58. The summed E-state index contributed by atoms with van der Waals surface area (Å²) < 4.78 is 0. The van der Waals surface area contributed by atoms with Crippen LogP contribution < -0.4 is 21.7 Å². The number of hydrogen-bond acceptors (Lipinski definition) is 6. The van der Waals surface area contributed by atoms with Gasteiger partial charge in [-0.15, -0.1) is 0 Å². The van der Waals surface area contributed by atoms with Crippen molar-refractivity contribution >= 4 is 40.6 Å². The third-order valence-electron chi connectivity index (χ3n) is 6.31. The number of nitrogens with one attached hydrogen (secondary N) is 4. The molecule has 0 aliphatic carbocycles. The number of carbonyl (C=O) groups is 5. The fraction of sp³-hybridized carbons (Fsp3) is 0.480. The SMILES string of the molecule is CCC(C)C(N)C(=O)NC(C)C(=O)NC(Cc1c[nH]c2ccccc12)C(=O)NC(CCC(=O)O)C(=O)O. The van der Waals surface area contributed by atoms with Crippen LogP contribution in [-0.4, -0.2) is 69.0 Å². The van der Waals surface area contributed by atoms with E-state index in [-0.39, 0.29) is 18.8 Å². The van der Waals surface area contributed by atoms with Crippen LogP contribution in [0.3, 0.4) is 0 Å². The first-order chi connectivity index (χ1) is 17.4. The van der Waals surface area contributed by atoms with Crippen LogP contribution in [0.5, 0.6) is 0 Å². The molecule has 1 heterocycles. The minimum Gasteiger partial charge on any atom is -0.481 e. The van der Waals surface area contributed by atoms with E-state index in [1.807, 2.05) is 38.1 Å². The monoisotopic (exact) mass is 517 g/mol. The second-order valence-corrected chi connectivity index (χ2v) is 9.10. The van der Waals surface area contributed by atoms with Crippen LogP contribution >= 0.6 is 0 Å². The van der Waals surface area contributed by atoms with Gasteiger partial charge in [0.1, 0.15) is 18.1 Å². The molecule has 0 spiro atoms. The van der Waals surface area contributed by atoms with E-state index in [2.05, 4.69) is 20.9 Å². The first-order valence-electron chi connectivity index (χ1n) is 12.1. The molecular weight excluding hydrogens is 482 g/mol. The minimum absolute atomic E-state index is 0.0138. The number of carboxylic acid groups (broad SMARTS) is 2. The van der Waals surface area contributed by atoms with E-state index in [0.29, 0.717) is 12.0 Å². The zero-order chi connectivity index (χ0) is 27.7. The van der Waals surface area contributed by atoms with E-state index >= 15 is 0 Å². The lowest BCUT2D eigenvalue weighted by Gasteiger charge is -2.24. The van der Waals surface area contributed by atoms with Gasteiger partial charge in [-0.1, -0.05) is 38.5 Å². The lowest BCUT2D eigenvalue weighted by molar-refractivity contribution is -0.143. The number of carboxylic acids is 2. The number of rotatable bonds is 14. The molecule has 12 nitrogen and oxygen atoms in total. The number of H-pyrrole nitrogens is 1. The molecule has 202 valence electrons. The third kappa shape index (κ3) is 8.31. The molecule has 0 radical (unpaired) electrons. The number of para-hydroxylation sites is 1. The average molecular weight is 518 g/mol. The lowest BCUT2D eigenvalue weighted by Crippen LogP contribution is -2.57. The summed E-state index contributed by atoms with van der Waals surface area (Å²) in [5.74, 6) is -4.67. The van der Waals surface area contributed by atoms with Crippen molar-refractivity contribution in [3.05, 3.63) is 36.0 Å². The summed E-state index contributed by atoms with van der Waals surface area (Å²) in [5.41, 5.74) is 7.45. The van der Waals surface area contributed by atoms with E-state index in [0.717, 1.165) is 10.9 Å². The molecular formula is C25H35N5O7. The Morgan fingerprint density at radius 1 is 0.946 bits per heavy atom. The minimum atomic E-state index is -1.46. The molecule has 12 heteroatoms. The van der Waals surface area contributed by atoms with Crippen molar-refractivity contribution < 1.29 is 34.2 Å². The van der Waals surface area contributed by atoms with Crippen LogP contribution in [0, 0.1) is 5.92 Å². The molecule has 0 bridgehead atoms. The van der Waals surface area contributed by atoms with Crippen LogP contribution in [0.1, 0.15) is 45.6 Å². The summed E-state index contributed by atoms with van der Waals surface area (Å²) in [7, 11) is 0. The summed E-state index contributed by atoms with van der Waals surface area (Å²) in [5, 5.41) is 26.6. The quantitative estimate of drug-likeness (QED) is 0.188. The summed E-state index contributed by atoms with van der Waals surface area (Å²) in [6.45, 7) is 5.16. The Balaban J connectivity index is 2.22.